The van der Waals surface area contributed by atoms with Crippen LogP contribution in [0.5, 0.6) is 0 Å². The van der Waals surface area contributed by atoms with Gasteiger partial charge in [-0.2, -0.15) is 0 Å². The zero-order valence-corrected chi connectivity index (χ0v) is 10.5. The van der Waals surface area contributed by atoms with Gasteiger partial charge in [0.25, 0.3) is 0 Å². The van der Waals surface area contributed by atoms with Crippen LogP contribution in [0.25, 0.3) is 0 Å². The topological polar surface area (TPSA) is 37.3 Å². The molecule has 0 aliphatic heterocycles. The summed E-state index contributed by atoms with van der Waals surface area (Å²) in [5.74, 6) is 2.12. The molecule has 3 saturated carbocycles. The van der Waals surface area contributed by atoms with Gasteiger partial charge in [0.1, 0.15) is 5.78 Å². The number of Topliss-reactive ketones (excluding diaryl/α,β-unsaturated/α-hetero) is 1. The van der Waals surface area contributed by atoms with Crippen molar-refractivity contribution in [2.45, 2.75) is 52.1 Å². The molecule has 0 saturated heterocycles. The molecule has 1 unspecified atom stereocenters. The van der Waals surface area contributed by atoms with Crippen molar-refractivity contribution < 1.29 is 9.90 Å². The second kappa shape index (κ2) is 2.90. The first-order chi connectivity index (χ1) is 7.36. The van der Waals surface area contributed by atoms with Crippen LogP contribution in [0.3, 0.4) is 0 Å². The normalized spacial score (nSPS) is 54.1. The summed E-state index contributed by atoms with van der Waals surface area (Å²) in [6.45, 7) is 6.40. The van der Waals surface area contributed by atoms with Crippen molar-refractivity contribution in [1.82, 2.24) is 0 Å². The van der Waals surface area contributed by atoms with Crippen LogP contribution in [0.2, 0.25) is 0 Å². The van der Waals surface area contributed by atoms with E-state index < -0.39 is 5.60 Å². The van der Waals surface area contributed by atoms with Crippen LogP contribution < -0.4 is 0 Å². The third-order valence-electron chi connectivity index (χ3n) is 5.65. The first-order valence-corrected chi connectivity index (χ1v) is 6.61. The van der Waals surface area contributed by atoms with Crippen LogP contribution in [0, 0.1) is 29.1 Å². The van der Waals surface area contributed by atoms with Crippen molar-refractivity contribution >= 4 is 5.78 Å². The van der Waals surface area contributed by atoms with Gasteiger partial charge in [0.2, 0.25) is 0 Å². The number of rotatable bonds is 0. The number of carbonyl (C=O) groups excluding carboxylic acids is 1. The van der Waals surface area contributed by atoms with Crippen molar-refractivity contribution in [1.29, 1.82) is 0 Å². The lowest BCUT2D eigenvalue weighted by Gasteiger charge is -2.30. The number of hydrogen-bond acceptors (Lipinski definition) is 2. The predicted molar refractivity (Wildman–Crippen MR) is 61.8 cm³/mol. The van der Waals surface area contributed by atoms with Gasteiger partial charge in [0, 0.05) is 12.3 Å². The van der Waals surface area contributed by atoms with E-state index in [0.29, 0.717) is 23.5 Å². The van der Waals surface area contributed by atoms with E-state index in [4.69, 9.17) is 0 Å². The van der Waals surface area contributed by atoms with E-state index in [0.717, 1.165) is 25.7 Å². The average Bonchev–Trinajstić information content (AvgIpc) is 2.65. The van der Waals surface area contributed by atoms with Crippen molar-refractivity contribution in [3.63, 3.8) is 0 Å². The van der Waals surface area contributed by atoms with Crippen molar-refractivity contribution in [2.24, 2.45) is 29.1 Å². The highest BCUT2D eigenvalue weighted by Crippen LogP contribution is 2.69. The van der Waals surface area contributed by atoms with E-state index in [-0.39, 0.29) is 11.3 Å². The van der Waals surface area contributed by atoms with Crippen molar-refractivity contribution in [3.05, 3.63) is 0 Å². The Kier molecular flexibility index (Phi) is 1.95. The molecule has 0 spiro atoms. The molecule has 0 bridgehead atoms. The van der Waals surface area contributed by atoms with Crippen LogP contribution in [0.15, 0.2) is 0 Å². The molecule has 2 heteroatoms. The van der Waals surface area contributed by atoms with E-state index in [1.54, 1.807) is 0 Å². The fourth-order valence-corrected chi connectivity index (χ4v) is 4.78. The Morgan fingerprint density at radius 1 is 1.19 bits per heavy atom. The predicted octanol–water partition coefficient (Wildman–Crippen LogP) is 2.40. The molecule has 1 N–H and O–H groups in total. The Hall–Kier alpha value is -0.370. The molecule has 0 amide bonds. The summed E-state index contributed by atoms with van der Waals surface area (Å²) in [7, 11) is 0. The van der Waals surface area contributed by atoms with Gasteiger partial charge in [-0.25, -0.2) is 0 Å². The van der Waals surface area contributed by atoms with Crippen LogP contribution in [-0.4, -0.2) is 16.5 Å². The van der Waals surface area contributed by atoms with Gasteiger partial charge in [0.15, 0.2) is 0 Å². The maximum atomic E-state index is 12.0. The molecule has 3 fully saturated rings. The molecule has 0 aromatic heterocycles. The first kappa shape index (κ1) is 10.8. The van der Waals surface area contributed by atoms with Gasteiger partial charge in [-0.1, -0.05) is 13.8 Å². The van der Waals surface area contributed by atoms with Gasteiger partial charge >= 0.3 is 0 Å². The lowest BCUT2D eigenvalue weighted by atomic mass is 9.79. The second-order valence-corrected chi connectivity index (χ2v) is 7.01. The molecule has 0 aromatic carbocycles. The highest BCUT2D eigenvalue weighted by molar-refractivity contribution is 5.85. The fraction of sp³-hybridized carbons (Fsp3) is 0.929. The van der Waals surface area contributed by atoms with Crippen LogP contribution in [-0.2, 0) is 4.79 Å². The zero-order valence-electron chi connectivity index (χ0n) is 10.5. The Morgan fingerprint density at radius 3 is 2.56 bits per heavy atom. The van der Waals surface area contributed by atoms with Crippen LogP contribution >= 0.6 is 0 Å². The van der Waals surface area contributed by atoms with Gasteiger partial charge in [-0.3, -0.25) is 4.79 Å². The minimum Gasteiger partial charge on any atom is -0.390 e. The summed E-state index contributed by atoms with van der Waals surface area (Å²) in [5.41, 5.74) is -0.374. The van der Waals surface area contributed by atoms with E-state index in [2.05, 4.69) is 13.8 Å². The Bertz CT molecular complexity index is 343. The summed E-state index contributed by atoms with van der Waals surface area (Å²) in [6.07, 6.45) is 3.81. The molecule has 90 valence electrons. The highest BCUT2D eigenvalue weighted by atomic mass is 16.3. The number of aliphatic hydroxyl groups is 1. The van der Waals surface area contributed by atoms with Gasteiger partial charge < -0.3 is 5.11 Å². The minimum atomic E-state index is -0.522. The lowest BCUT2D eigenvalue weighted by Crippen LogP contribution is -2.34. The molecule has 0 heterocycles. The Morgan fingerprint density at radius 2 is 1.88 bits per heavy atom. The van der Waals surface area contributed by atoms with E-state index in [9.17, 15) is 9.90 Å². The third-order valence-corrected chi connectivity index (χ3v) is 5.65. The fourth-order valence-electron chi connectivity index (χ4n) is 4.78. The smallest absolute Gasteiger partial charge is 0.136 e. The molecule has 3 aliphatic carbocycles. The third kappa shape index (κ3) is 1.20. The van der Waals surface area contributed by atoms with Crippen molar-refractivity contribution in [2.75, 3.05) is 0 Å². The molecule has 0 aromatic rings. The first-order valence-electron chi connectivity index (χ1n) is 6.61. The highest BCUT2D eigenvalue weighted by Gasteiger charge is 2.69. The van der Waals surface area contributed by atoms with E-state index in [1.165, 1.54) is 0 Å². The lowest BCUT2D eigenvalue weighted by molar-refractivity contribution is -0.121. The summed E-state index contributed by atoms with van der Waals surface area (Å²) in [6, 6.07) is 0. The summed E-state index contributed by atoms with van der Waals surface area (Å²) in [4.78, 5) is 12.0. The molecular weight excluding hydrogens is 200 g/mol. The van der Waals surface area contributed by atoms with Crippen LogP contribution in [0.4, 0.5) is 0 Å². The standard InChI is InChI=1S/C14H22O2/c1-13(2)11-9(15)5-4-8-6-7-14(3,16)10(8)12(11)13/h8,10-12,16H,4-7H2,1-3H3/t8-,10-,11-,12?,14+/m1/s1. The summed E-state index contributed by atoms with van der Waals surface area (Å²) >= 11 is 0. The molecule has 0 radical (unpaired) electrons. The molecule has 3 aliphatic rings. The maximum Gasteiger partial charge on any atom is 0.136 e. The monoisotopic (exact) mass is 222 g/mol. The van der Waals surface area contributed by atoms with E-state index >= 15 is 0 Å². The summed E-state index contributed by atoms with van der Waals surface area (Å²) < 4.78 is 0. The molecule has 3 rings (SSSR count). The SMILES string of the molecule is CC1(C)C2[C@H]1C(=O)CC[C@@H]1CC[C@](C)(O)[C@@H]21. The minimum absolute atomic E-state index is 0.148. The molecule has 16 heavy (non-hydrogen) atoms. The maximum absolute atomic E-state index is 12.0. The molecule has 2 nitrogen and oxygen atoms in total. The van der Waals surface area contributed by atoms with Crippen LogP contribution in [0.1, 0.15) is 46.5 Å². The zero-order chi connectivity index (χ0) is 11.7. The van der Waals surface area contributed by atoms with Crippen molar-refractivity contribution in [3.8, 4) is 0 Å². The van der Waals surface area contributed by atoms with Gasteiger partial charge in [-0.15, -0.1) is 0 Å². The molecule has 5 atom stereocenters. The number of ketones is 1. The Labute approximate surface area is 97.4 Å². The summed E-state index contributed by atoms with van der Waals surface area (Å²) in [5, 5.41) is 10.5. The average molecular weight is 222 g/mol. The quantitative estimate of drug-likeness (QED) is 0.683. The number of carbonyl (C=O) groups is 1. The number of hydrogen-bond donors (Lipinski definition) is 1. The van der Waals surface area contributed by atoms with Gasteiger partial charge in [0.05, 0.1) is 5.60 Å². The van der Waals surface area contributed by atoms with Gasteiger partial charge in [-0.05, 0) is 49.4 Å². The Balaban J connectivity index is 1.97. The number of fused-ring (bicyclic) bond motifs is 3. The van der Waals surface area contributed by atoms with E-state index in [1.807, 2.05) is 6.92 Å². The largest absolute Gasteiger partial charge is 0.390 e. The second-order valence-electron chi connectivity index (χ2n) is 7.01. The molecular formula is C14H22O2.